The van der Waals surface area contributed by atoms with Crippen LogP contribution in [0.1, 0.15) is 96.1 Å². The molecule has 0 aliphatic carbocycles. The summed E-state index contributed by atoms with van der Waals surface area (Å²) in [5.41, 5.74) is 2.95. The van der Waals surface area contributed by atoms with Gasteiger partial charge in [-0.15, -0.1) is 0 Å². The lowest BCUT2D eigenvalue weighted by atomic mass is 9.88. The zero-order valence-electron chi connectivity index (χ0n) is 33.9. The summed E-state index contributed by atoms with van der Waals surface area (Å²) >= 11 is 1.90. The van der Waals surface area contributed by atoms with Crippen molar-refractivity contribution in [2.75, 3.05) is 49.1 Å². The summed E-state index contributed by atoms with van der Waals surface area (Å²) in [6, 6.07) is 8.23. The molecule has 2 saturated heterocycles. The van der Waals surface area contributed by atoms with Crippen LogP contribution in [0.4, 0.5) is 16.2 Å². The van der Waals surface area contributed by atoms with Crippen LogP contribution in [0.2, 0.25) is 0 Å². The topological polar surface area (TPSA) is 184 Å². The van der Waals surface area contributed by atoms with E-state index in [0.717, 1.165) is 86.6 Å². The number of carbonyl (C=O) groups is 3. The molecule has 0 saturated carbocycles. The second-order valence-electron chi connectivity index (χ2n) is 16.6. The number of nitrogens with zero attached hydrogens (tertiary/aromatic N) is 3. The van der Waals surface area contributed by atoms with Gasteiger partial charge in [0, 0.05) is 72.8 Å². The standard InChI is InChI=1S/C42H57N7O7S2/c1-4-48-18-10-12-27-20-30-35(22-33(27)48)56-36-23-34-29(21-31(36)45-30)28(26-58(53,54)55)24-42(2,3)49(34)19-11-15-39(51)44-17-9-5-8-16-43-38(50)14-7-6-13-37-40-32(25-57-37)46-41(52)47-40/h20-24,32,37,40H,4-19,25-26H2,1-3H3,(H4-,43,44,46,47,50,51,52,53,54,55)/t32-,37?,40-/m0/s1. The predicted octanol–water partition coefficient (Wildman–Crippen LogP) is 3.64. The zero-order chi connectivity index (χ0) is 41.0. The predicted molar refractivity (Wildman–Crippen MR) is 225 cm³/mol. The Bertz CT molecular complexity index is 2190. The summed E-state index contributed by atoms with van der Waals surface area (Å²) in [5, 5.41) is 14.3. The zero-order valence-corrected chi connectivity index (χ0v) is 35.5. The van der Waals surface area contributed by atoms with Crippen molar-refractivity contribution in [3.8, 4) is 11.5 Å². The summed E-state index contributed by atoms with van der Waals surface area (Å²) in [4.78, 5) is 43.8. The number of fused-ring (bicyclic) bond motifs is 5. The number of unbranched alkanes of at least 4 members (excludes halogenated alkanes) is 3. The lowest BCUT2D eigenvalue weighted by molar-refractivity contribution is -0.121. The number of thioether (sulfide) groups is 1. The maximum atomic E-state index is 12.9. The van der Waals surface area contributed by atoms with Gasteiger partial charge in [0.05, 0.1) is 39.6 Å². The summed E-state index contributed by atoms with van der Waals surface area (Å²) in [6.45, 7) is 9.69. The number of amides is 4. The molecule has 58 heavy (non-hydrogen) atoms. The van der Waals surface area contributed by atoms with Gasteiger partial charge in [0.1, 0.15) is 24.1 Å². The molecule has 0 spiro atoms. The van der Waals surface area contributed by atoms with Gasteiger partial charge in [-0.2, -0.15) is 11.8 Å². The SMILES string of the molecule is CC[N+]1=c2cc3c(cc2CCC1)=Nc1cc2c(cc1O3)N(CCCC(=O)NCCCCCNC(=O)CCCCC1SC[C@@H]3NC(=O)N[C@H]13)C(C)(C)C=C2CS(=O)(=O)[O-]. The normalized spacial score (nSPS) is 21.2. The molecule has 5 aliphatic heterocycles. The Hall–Kier alpha value is -4.15. The first-order chi connectivity index (χ1) is 27.8. The van der Waals surface area contributed by atoms with Crippen molar-refractivity contribution in [2.24, 2.45) is 4.99 Å². The fourth-order valence-electron chi connectivity index (χ4n) is 8.97. The average molecular weight is 836 g/mol. The Morgan fingerprint density at radius 2 is 1.78 bits per heavy atom. The molecule has 3 atom stereocenters. The van der Waals surface area contributed by atoms with E-state index in [2.05, 4.69) is 49.8 Å². The third-order valence-electron chi connectivity index (χ3n) is 11.9. The van der Waals surface area contributed by atoms with Crippen LogP contribution in [0, 0.1) is 0 Å². The van der Waals surface area contributed by atoms with Gasteiger partial charge < -0.3 is 35.5 Å². The summed E-state index contributed by atoms with van der Waals surface area (Å²) in [6.07, 6.45) is 10.6. The number of anilines is 1. The molecule has 1 unspecified atom stereocenters. The van der Waals surface area contributed by atoms with E-state index >= 15 is 0 Å². The van der Waals surface area contributed by atoms with Gasteiger partial charge in [-0.25, -0.2) is 22.8 Å². The van der Waals surface area contributed by atoms with Crippen molar-refractivity contribution >= 4 is 56.7 Å². The van der Waals surface area contributed by atoms with Crippen molar-refractivity contribution in [2.45, 2.75) is 114 Å². The Morgan fingerprint density at radius 1 is 1.02 bits per heavy atom. The second kappa shape index (κ2) is 18.0. The Morgan fingerprint density at radius 3 is 2.52 bits per heavy atom. The molecule has 4 N–H and O–H groups in total. The number of benzene rings is 2. The van der Waals surface area contributed by atoms with E-state index in [-0.39, 0.29) is 29.9 Å². The maximum Gasteiger partial charge on any atom is 0.315 e. The number of hydrogen-bond acceptors (Lipinski definition) is 10. The first-order valence-corrected chi connectivity index (χ1v) is 23.6. The molecule has 5 heterocycles. The Labute approximate surface area is 345 Å². The number of nitrogens with one attached hydrogen (secondary N) is 4. The molecule has 2 aromatic rings. The monoisotopic (exact) mass is 835 g/mol. The van der Waals surface area contributed by atoms with Gasteiger partial charge in [0.15, 0.2) is 11.5 Å². The third kappa shape index (κ3) is 9.99. The van der Waals surface area contributed by atoms with Crippen LogP contribution in [0.25, 0.3) is 5.57 Å². The number of ether oxygens (including phenoxy) is 1. The van der Waals surface area contributed by atoms with Crippen LogP contribution in [-0.2, 0) is 26.1 Å². The van der Waals surface area contributed by atoms with E-state index in [1.54, 1.807) is 0 Å². The Balaban J connectivity index is 0.870. The minimum atomic E-state index is -4.57. The lowest BCUT2D eigenvalue weighted by Crippen LogP contribution is -2.46. The average Bonchev–Trinajstić information content (AvgIpc) is 3.73. The molecule has 4 amide bonds. The molecule has 0 radical (unpaired) electrons. The highest BCUT2D eigenvalue weighted by atomic mass is 32.2. The van der Waals surface area contributed by atoms with E-state index in [1.165, 1.54) is 5.56 Å². The number of carbonyl (C=O) groups excluding carboxylic acids is 3. The molecule has 2 fully saturated rings. The molecule has 0 aromatic heterocycles. The summed E-state index contributed by atoms with van der Waals surface area (Å²) in [7, 11) is -4.57. The largest absolute Gasteiger partial charge is 0.748 e. The molecule has 2 aromatic carbocycles. The van der Waals surface area contributed by atoms with Crippen LogP contribution in [0.5, 0.6) is 11.5 Å². The highest BCUT2D eigenvalue weighted by Crippen LogP contribution is 2.47. The van der Waals surface area contributed by atoms with Crippen LogP contribution in [0.3, 0.4) is 0 Å². The highest BCUT2D eigenvalue weighted by Gasteiger charge is 2.42. The van der Waals surface area contributed by atoms with Gasteiger partial charge in [0.2, 0.25) is 17.2 Å². The fraction of sp³-hybridized carbons (Fsp3) is 0.595. The first kappa shape index (κ1) is 42.0. The number of urea groups is 1. The number of hydrogen-bond donors (Lipinski definition) is 4. The molecule has 7 rings (SSSR count). The van der Waals surface area contributed by atoms with Gasteiger partial charge in [-0.3, -0.25) is 9.59 Å². The minimum absolute atomic E-state index is 0.0382. The first-order valence-electron chi connectivity index (χ1n) is 20.9. The molecular weight excluding hydrogens is 779 g/mol. The van der Waals surface area contributed by atoms with Crippen LogP contribution >= 0.6 is 11.8 Å². The van der Waals surface area contributed by atoms with Gasteiger partial charge in [0.25, 0.3) is 0 Å². The fourth-order valence-corrected chi connectivity index (χ4v) is 11.1. The van der Waals surface area contributed by atoms with E-state index < -0.39 is 21.4 Å². The molecule has 14 nitrogen and oxygen atoms in total. The van der Waals surface area contributed by atoms with Gasteiger partial charge >= 0.3 is 6.03 Å². The smallest absolute Gasteiger partial charge is 0.315 e. The quantitative estimate of drug-likeness (QED) is 0.0644. The molecule has 0 bridgehead atoms. The van der Waals surface area contributed by atoms with Crippen LogP contribution in [-0.4, -0.2) is 97.9 Å². The van der Waals surface area contributed by atoms with E-state index in [9.17, 15) is 27.4 Å². The van der Waals surface area contributed by atoms with Crippen LogP contribution in [0.15, 0.2) is 35.3 Å². The minimum Gasteiger partial charge on any atom is -0.748 e. The van der Waals surface area contributed by atoms with E-state index in [0.29, 0.717) is 72.5 Å². The Kier molecular flexibility index (Phi) is 13.0. The summed E-state index contributed by atoms with van der Waals surface area (Å²) in [5.74, 6) is 1.57. The van der Waals surface area contributed by atoms with Gasteiger partial charge in [-0.05, 0) is 83.4 Å². The van der Waals surface area contributed by atoms with Crippen LogP contribution < -0.4 is 46.2 Å². The second-order valence-corrected chi connectivity index (χ2v) is 19.3. The van der Waals surface area contributed by atoms with E-state index in [4.69, 9.17) is 9.73 Å². The van der Waals surface area contributed by atoms with Gasteiger partial charge in [-0.1, -0.05) is 12.5 Å². The lowest BCUT2D eigenvalue weighted by Gasteiger charge is -2.44. The van der Waals surface area contributed by atoms with Crippen molar-refractivity contribution in [1.29, 1.82) is 0 Å². The highest BCUT2D eigenvalue weighted by molar-refractivity contribution is 8.00. The van der Waals surface area contributed by atoms with E-state index in [1.807, 2.05) is 43.8 Å². The third-order valence-corrected chi connectivity index (χ3v) is 14.0. The molecule has 314 valence electrons. The molecule has 5 aliphatic rings. The number of rotatable bonds is 18. The number of aryl methyl sites for hydroxylation is 1. The summed E-state index contributed by atoms with van der Waals surface area (Å²) < 4.78 is 45.0. The van der Waals surface area contributed by atoms with Crippen molar-refractivity contribution in [1.82, 2.24) is 25.8 Å². The molecule has 16 heteroatoms. The molecular formula is C42H57N7O7S2. The van der Waals surface area contributed by atoms with Crippen molar-refractivity contribution < 1.29 is 32.1 Å². The van der Waals surface area contributed by atoms with Crippen molar-refractivity contribution in [3.05, 3.63) is 52.2 Å². The maximum absolute atomic E-state index is 12.9. The van der Waals surface area contributed by atoms with Crippen molar-refractivity contribution in [3.63, 3.8) is 0 Å².